The van der Waals surface area contributed by atoms with Crippen LogP contribution in [0.5, 0.6) is 0 Å². The van der Waals surface area contributed by atoms with Crippen LogP contribution in [0.25, 0.3) is 11.1 Å². The summed E-state index contributed by atoms with van der Waals surface area (Å²) in [4.78, 5) is 41.6. The average molecular weight is 480 g/mol. The predicted molar refractivity (Wildman–Crippen MR) is 128 cm³/mol. The van der Waals surface area contributed by atoms with Gasteiger partial charge in [-0.2, -0.15) is 0 Å². The Labute approximate surface area is 201 Å². The van der Waals surface area contributed by atoms with E-state index in [0.29, 0.717) is 5.01 Å². The van der Waals surface area contributed by atoms with E-state index in [1.54, 1.807) is 12.3 Å². The molecule has 1 aliphatic rings. The lowest BCUT2D eigenvalue weighted by molar-refractivity contribution is -0.141. The molecule has 4 rings (SSSR count). The van der Waals surface area contributed by atoms with Gasteiger partial charge in [-0.3, -0.25) is 4.79 Å². The van der Waals surface area contributed by atoms with Crippen LogP contribution in [0.4, 0.5) is 4.79 Å². The minimum atomic E-state index is -1.10. The van der Waals surface area contributed by atoms with Gasteiger partial charge in [0.1, 0.15) is 23.4 Å². The number of carboxylic acids is 1. The van der Waals surface area contributed by atoms with Crippen molar-refractivity contribution in [2.75, 3.05) is 13.7 Å². The molecule has 0 radical (unpaired) electrons. The van der Waals surface area contributed by atoms with Gasteiger partial charge < -0.3 is 20.1 Å². The van der Waals surface area contributed by atoms with Crippen LogP contribution in [0.3, 0.4) is 0 Å². The summed E-state index contributed by atoms with van der Waals surface area (Å²) in [5, 5.41) is 13.9. The Morgan fingerprint density at radius 3 is 2.26 bits per heavy atom. The van der Waals surface area contributed by atoms with Crippen LogP contribution in [0, 0.1) is 0 Å². The third-order valence-corrected chi connectivity index (χ3v) is 7.08. The molecule has 0 spiro atoms. The molecule has 176 valence electrons. The van der Waals surface area contributed by atoms with E-state index in [9.17, 15) is 14.4 Å². The summed E-state index contributed by atoms with van der Waals surface area (Å²) in [6, 6.07) is 14.8. The number of nitrogens with one attached hydrogen (secondary N) is 1. The molecule has 2 N–H and O–H groups in total. The number of carbonyl (C=O) groups excluding carboxylic acids is 2. The van der Waals surface area contributed by atoms with E-state index in [1.807, 2.05) is 24.3 Å². The van der Waals surface area contributed by atoms with Crippen LogP contribution in [0.1, 0.15) is 52.4 Å². The maximum Gasteiger partial charge on any atom is 0.407 e. The average Bonchev–Trinajstić information content (AvgIpc) is 3.45. The quantitative estimate of drug-likeness (QED) is 0.523. The fourth-order valence-corrected chi connectivity index (χ4v) is 4.79. The van der Waals surface area contributed by atoms with Gasteiger partial charge in [-0.25, -0.2) is 14.6 Å². The third-order valence-electron chi connectivity index (χ3n) is 6.05. The van der Waals surface area contributed by atoms with Gasteiger partial charge in [-0.15, -0.1) is 11.3 Å². The van der Waals surface area contributed by atoms with E-state index in [1.165, 1.54) is 25.3 Å². The van der Waals surface area contributed by atoms with Crippen molar-refractivity contribution >= 4 is 29.3 Å². The molecule has 0 saturated heterocycles. The zero-order valence-corrected chi connectivity index (χ0v) is 19.8. The van der Waals surface area contributed by atoms with E-state index < -0.39 is 30.1 Å². The van der Waals surface area contributed by atoms with Crippen LogP contribution in [-0.4, -0.2) is 52.7 Å². The number of fused-ring (bicyclic) bond motifs is 3. The second kappa shape index (κ2) is 9.64. The van der Waals surface area contributed by atoms with E-state index in [0.717, 1.165) is 27.2 Å². The number of aliphatic carboxylic acids is 1. The Bertz CT molecular complexity index is 1200. The Morgan fingerprint density at radius 1 is 1.09 bits per heavy atom. The molecule has 1 unspecified atom stereocenters. The highest BCUT2D eigenvalue weighted by molar-refractivity contribution is 7.09. The zero-order chi connectivity index (χ0) is 24.4. The lowest BCUT2D eigenvalue weighted by atomic mass is 9.98. The van der Waals surface area contributed by atoms with Gasteiger partial charge in [0.25, 0.3) is 5.91 Å². The van der Waals surface area contributed by atoms with Gasteiger partial charge in [0, 0.05) is 18.3 Å². The number of carbonyl (C=O) groups is 3. The standard InChI is InChI=1S/C25H25N3O5S/c1-14(22-27-21(13-34-22)23(29)28(3)15(2)24(30)31)26-25(32)33-12-20-18-10-6-4-8-16(18)17-9-5-7-11-19(17)20/h4-11,13-15,20H,12H2,1-3H3,(H,26,32)(H,30,31)/t14?,15-/m0/s1. The van der Waals surface area contributed by atoms with E-state index >= 15 is 0 Å². The molecule has 1 aliphatic carbocycles. The predicted octanol–water partition coefficient (Wildman–Crippen LogP) is 4.29. The number of alkyl carbamates (subject to hydrolysis) is 1. The number of ether oxygens (including phenoxy) is 1. The Balaban J connectivity index is 1.37. The topological polar surface area (TPSA) is 109 Å². The first kappa shape index (κ1) is 23.4. The number of rotatable bonds is 7. The molecule has 1 aromatic heterocycles. The Morgan fingerprint density at radius 2 is 1.68 bits per heavy atom. The van der Waals surface area contributed by atoms with Crippen molar-refractivity contribution in [3.8, 4) is 11.1 Å². The first-order valence-electron chi connectivity index (χ1n) is 10.8. The molecule has 2 atom stereocenters. The fourth-order valence-electron chi connectivity index (χ4n) is 3.99. The summed E-state index contributed by atoms with van der Waals surface area (Å²) < 4.78 is 5.57. The maximum atomic E-state index is 12.5. The van der Waals surface area contributed by atoms with Gasteiger partial charge in [-0.1, -0.05) is 48.5 Å². The monoisotopic (exact) mass is 479 g/mol. The second-order valence-corrected chi connectivity index (χ2v) is 9.08. The molecular weight excluding hydrogens is 454 g/mol. The van der Waals surface area contributed by atoms with Crippen LogP contribution >= 0.6 is 11.3 Å². The summed E-state index contributed by atoms with van der Waals surface area (Å²) in [6.45, 7) is 3.37. The largest absolute Gasteiger partial charge is 0.480 e. The maximum absolute atomic E-state index is 12.5. The second-order valence-electron chi connectivity index (χ2n) is 8.19. The number of hydrogen-bond donors (Lipinski definition) is 2. The number of amides is 2. The molecule has 9 heteroatoms. The lowest BCUT2D eigenvalue weighted by Crippen LogP contribution is -2.40. The van der Waals surface area contributed by atoms with Crippen LogP contribution in [0.2, 0.25) is 0 Å². The van der Waals surface area contributed by atoms with Crippen molar-refractivity contribution in [1.82, 2.24) is 15.2 Å². The highest BCUT2D eigenvalue weighted by Gasteiger charge is 2.29. The molecule has 34 heavy (non-hydrogen) atoms. The number of hydrogen-bond acceptors (Lipinski definition) is 6. The van der Waals surface area contributed by atoms with Gasteiger partial charge in [0.2, 0.25) is 0 Å². The number of likely N-dealkylation sites (N-methyl/N-ethyl adjacent to an activating group) is 1. The van der Waals surface area contributed by atoms with Crippen molar-refractivity contribution in [3.05, 3.63) is 75.7 Å². The third kappa shape index (κ3) is 4.51. The van der Waals surface area contributed by atoms with E-state index in [2.05, 4.69) is 34.6 Å². The molecule has 2 aromatic carbocycles. The summed E-state index contributed by atoms with van der Waals surface area (Å²) in [6.07, 6.45) is -0.575. The van der Waals surface area contributed by atoms with Gasteiger partial charge >= 0.3 is 12.1 Å². The lowest BCUT2D eigenvalue weighted by Gasteiger charge is -2.20. The minimum Gasteiger partial charge on any atom is -0.480 e. The zero-order valence-electron chi connectivity index (χ0n) is 19.0. The van der Waals surface area contributed by atoms with Crippen molar-refractivity contribution in [3.63, 3.8) is 0 Å². The molecule has 0 aliphatic heterocycles. The number of benzene rings is 2. The van der Waals surface area contributed by atoms with E-state index in [4.69, 9.17) is 9.84 Å². The van der Waals surface area contributed by atoms with Crippen molar-refractivity contribution < 1.29 is 24.2 Å². The van der Waals surface area contributed by atoms with Gasteiger partial charge in [0.05, 0.1) is 6.04 Å². The summed E-state index contributed by atoms with van der Waals surface area (Å²) in [7, 11) is 1.42. The van der Waals surface area contributed by atoms with Gasteiger partial charge in [0.15, 0.2) is 0 Å². The number of thiazole rings is 1. The van der Waals surface area contributed by atoms with Gasteiger partial charge in [-0.05, 0) is 36.1 Å². The minimum absolute atomic E-state index is 0.0377. The molecule has 0 saturated carbocycles. The molecule has 0 fully saturated rings. The van der Waals surface area contributed by atoms with Crippen molar-refractivity contribution in [2.24, 2.45) is 0 Å². The first-order chi connectivity index (χ1) is 16.3. The highest BCUT2D eigenvalue weighted by atomic mass is 32.1. The van der Waals surface area contributed by atoms with Crippen LogP contribution in [-0.2, 0) is 9.53 Å². The highest BCUT2D eigenvalue weighted by Crippen LogP contribution is 2.44. The molecular formula is C25H25N3O5S. The van der Waals surface area contributed by atoms with Crippen molar-refractivity contribution in [2.45, 2.75) is 31.8 Å². The smallest absolute Gasteiger partial charge is 0.407 e. The molecule has 3 aromatic rings. The van der Waals surface area contributed by atoms with Crippen LogP contribution < -0.4 is 5.32 Å². The van der Waals surface area contributed by atoms with Crippen LogP contribution in [0.15, 0.2) is 53.9 Å². The summed E-state index contributed by atoms with van der Waals surface area (Å²) in [5.41, 5.74) is 4.71. The van der Waals surface area contributed by atoms with Crippen molar-refractivity contribution in [1.29, 1.82) is 0 Å². The number of nitrogens with zero attached hydrogens (tertiary/aromatic N) is 2. The molecule has 0 bridgehead atoms. The Kier molecular flexibility index (Phi) is 6.65. The first-order valence-corrected chi connectivity index (χ1v) is 11.7. The molecule has 2 amide bonds. The fraction of sp³-hybridized carbons (Fsp3) is 0.280. The van der Waals surface area contributed by atoms with E-state index in [-0.39, 0.29) is 18.2 Å². The normalized spacial score (nSPS) is 14.0. The number of carboxylic acid groups (broad SMARTS) is 1. The summed E-state index contributed by atoms with van der Waals surface area (Å²) in [5.74, 6) is -1.63. The summed E-state index contributed by atoms with van der Waals surface area (Å²) >= 11 is 1.21. The molecule has 1 heterocycles. The Hall–Kier alpha value is -3.72. The molecule has 8 nitrogen and oxygen atoms in total. The number of aromatic nitrogens is 1. The SMILES string of the molecule is CC(NC(=O)OCC1c2ccccc2-c2ccccc21)c1nc(C(=O)N(C)[C@@H](C)C(=O)O)cs1.